The van der Waals surface area contributed by atoms with E-state index in [1.54, 1.807) is 6.92 Å². The lowest BCUT2D eigenvalue weighted by atomic mass is 10.2. The van der Waals surface area contributed by atoms with Crippen LogP contribution in [0.1, 0.15) is 12.5 Å². The van der Waals surface area contributed by atoms with Gasteiger partial charge in [-0.15, -0.1) is 0 Å². The second-order valence-electron chi connectivity index (χ2n) is 3.09. The van der Waals surface area contributed by atoms with Crippen LogP contribution in [0.5, 0.6) is 0 Å². The molecular formula is C11H12ClNO. The number of nitrogens with one attached hydrogen (secondary N) is 1. The maximum Gasteiger partial charge on any atom is 0.249 e. The number of rotatable bonds is 2. The van der Waals surface area contributed by atoms with Gasteiger partial charge in [0.1, 0.15) is 0 Å². The molecule has 0 aromatic heterocycles. The summed E-state index contributed by atoms with van der Waals surface area (Å²) in [5.41, 5.74) is 1.93. The number of halogens is 1. The van der Waals surface area contributed by atoms with Crippen molar-refractivity contribution in [2.75, 3.05) is 5.32 Å². The Morgan fingerprint density at radius 2 is 1.93 bits per heavy atom. The summed E-state index contributed by atoms with van der Waals surface area (Å²) in [6, 6.07) is 7.58. The summed E-state index contributed by atoms with van der Waals surface area (Å²) in [6.07, 6.45) is 1.35. The molecule has 0 aliphatic carbocycles. The highest BCUT2D eigenvalue weighted by molar-refractivity contribution is 6.31. The minimum absolute atomic E-state index is 0.207. The van der Waals surface area contributed by atoms with E-state index < -0.39 is 0 Å². The Morgan fingerprint density at radius 3 is 2.43 bits per heavy atom. The summed E-state index contributed by atoms with van der Waals surface area (Å²) in [5.74, 6) is -0.207. The first-order chi connectivity index (χ1) is 6.58. The maximum absolute atomic E-state index is 11.2. The van der Waals surface area contributed by atoms with E-state index in [1.807, 2.05) is 31.2 Å². The molecule has 0 saturated heterocycles. The minimum Gasteiger partial charge on any atom is -0.322 e. The molecule has 0 radical (unpaired) electrons. The number of anilines is 1. The van der Waals surface area contributed by atoms with Crippen LogP contribution >= 0.6 is 11.6 Å². The summed E-state index contributed by atoms with van der Waals surface area (Å²) >= 11 is 5.56. The van der Waals surface area contributed by atoms with Crippen LogP contribution in [0, 0.1) is 6.92 Å². The highest BCUT2D eigenvalue weighted by atomic mass is 35.5. The van der Waals surface area contributed by atoms with E-state index in [-0.39, 0.29) is 5.91 Å². The molecule has 3 heteroatoms. The van der Waals surface area contributed by atoms with Crippen molar-refractivity contribution < 1.29 is 4.79 Å². The van der Waals surface area contributed by atoms with Crippen LogP contribution in [0.4, 0.5) is 5.69 Å². The van der Waals surface area contributed by atoms with Crippen molar-refractivity contribution in [2.45, 2.75) is 13.8 Å². The highest BCUT2D eigenvalue weighted by Gasteiger charge is 1.97. The molecule has 0 unspecified atom stereocenters. The third-order valence-corrected chi connectivity index (χ3v) is 1.76. The quantitative estimate of drug-likeness (QED) is 0.746. The molecule has 0 aliphatic rings. The van der Waals surface area contributed by atoms with Gasteiger partial charge < -0.3 is 5.32 Å². The second-order valence-corrected chi connectivity index (χ2v) is 3.68. The van der Waals surface area contributed by atoms with Gasteiger partial charge in [-0.05, 0) is 26.0 Å². The van der Waals surface area contributed by atoms with Gasteiger partial charge in [0.2, 0.25) is 5.91 Å². The van der Waals surface area contributed by atoms with E-state index in [9.17, 15) is 4.79 Å². The molecular weight excluding hydrogens is 198 g/mol. The zero-order valence-electron chi connectivity index (χ0n) is 8.17. The Labute approximate surface area is 88.6 Å². The Hall–Kier alpha value is -1.28. The zero-order chi connectivity index (χ0) is 10.6. The van der Waals surface area contributed by atoms with Gasteiger partial charge in [0.05, 0.1) is 0 Å². The molecule has 14 heavy (non-hydrogen) atoms. The van der Waals surface area contributed by atoms with Crippen molar-refractivity contribution in [3.63, 3.8) is 0 Å². The lowest BCUT2D eigenvalue weighted by Crippen LogP contribution is -2.07. The van der Waals surface area contributed by atoms with Crippen molar-refractivity contribution >= 4 is 23.2 Å². The average Bonchev–Trinajstić information content (AvgIpc) is 2.07. The standard InChI is InChI=1S/C11H12ClNO/c1-8-3-5-10(6-4-8)13-11(14)7-9(2)12/h3-7H,1-2H3,(H,13,14)/b9-7-. The summed E-state index contributed by atoms with van der Waals surface area (Å²) in [7, 11) is 0. The number of benzene rings is 1. The molecule has 0 spiro atoms. The van der Waals surface area contributed by atoms with Crippen molar-refractivity contribution in [1.82, 2.24) is 0 Å². The van der Waals surface area contributed by atoms with Crippen molar-refractivity contribution in [1.29, 1.82) is 0 Å². The molecule has 1 amide bonds. The lowest BCUT2D eigenvalue weighted by molar-refractivity contribution is -0.111. The predicted molar refractivity (Wildman–Crippen MR) is 59.4 cm³/mol. The van der Waals surface area contributed by atoms with Crippen LogP contribution in [-0.2, 0) is 4.79 Å². The van der Waals surface area contributed by atoms with Crippen LogP contribution in [0.3, 0.4) is 0 Å². The van der Waals surface area contributed by atoms with E-state index in [2.05, 4.69) is 5.32 Å². The Morgan fingerprint density at radius 1 is 1.36 bits per heavy atom. The van der Waals surface area contributed by atoms with E-state index in [1.165, 1.54) is 6.08 Å². The molecule has 0 heterocycles. The fourth-order valence-electron chi connectivity index (χ4n) is 0.996. The van der Waals surface area contributed by atoms with Gasteiger partial charge in [0, 0.05) is 16.8 Å². The van der Waals surface area contributed by atoms with Crippen LogP contribution < -0.4 is 5.32 Å². The van der Waals surface area contributed by atoms with Gasteiger partial charge in [-0.2, -0.15) is 0 Å². The number of hydrogen-bond acceptors (Lipinski definition) is 1. The first-order valence-electron chi connectivity index (χ1n) is 4.29. The Bertz CT molecular complexity index is 350. The molecule has 2 nitrogen and oxygen atoms in total. The van der Waals surface area contributed by atoms with Crippen molar-refractivity contribution in [2.24, 2.45) is 0 Å². The molecule has 0 aliphatic heterocycles. The van der Waals surface area contributed by atoms with Gasteiger partial charge in [-0.1, -0.05) is 29.3 Å². The van der Waals surface area contributed by atoms with Gasteiger partial charge >= 0.3 is 0 Å². The van der Waals surface area contributed by atoms with Crippen molar-refractivity contribution in [3.05, 3.63) is 40.9 Å². The first kappa shape index (κ1) is 10.8. The van der Waals surface area contributed by atoms with E-state index >= 15 is 0 Å². The molecule has 0 fully saturated rings. The van der Waals surface area contributed by atoms with Crippen LogP contribution in [0.25, 0.3) is 0 Å². The number of hydrogen-bond donors (Lipinski definition) is 1. The van der Waals surface area contributed by atoms with E-state index in [0.29, 0.717) is 5.03 Å². The summed E-state index contributed by atoms with van der Waals surface area (Å²) in [5, 5.41) is 3.17. The molecule has 74 valence electrons. The van der Waals surface area contributed by atoms with Gasteiger partial charge in [0.25, 0.3) is 0 Å². The predicted octanol–water partition coefficient (Wildman–Crippen LogP) is 3.08. The Kier molecular flexibility index (Phi) is 3.72. The monoisotopic (exact) mass is 209 g/mol. The second kappa shape index (κ2) is 4.82. The van der Waals surface area contributed by atoms with Crippen LogP contribution in [0.15, 0.2) is 35.4 Å². The number of aryl methyl sites for hydroxylation is 1. The minimum atomic E-state index is -0.207. The molecule has 1 rings (SSSR count). The smallest absolute Gasteiger partial charge is 0.249 e. The molecule has 0 saturated carbocycles. The lowest BCUT2D eigenvalue weighted by Gasteiger charge is -2.01. The molecule has 0 atom stereocenters. The first-order valence-corrected chi connectivity index (χ1v) is 4.67. The SMILES string of the molecule is C/C(Cl)=C/C(=O)Nc1ccc(C)cc1. The molecule has 1 aromatic carbocycles. The molecule has 1 N–H and O–H groups in total. The fourth-order valence-corrected chi connectivity index (χ4v) is 1.09. The molecule has 1 aromatic rings. The normalized spacial score (nSPS) is 11.2. The topological polar surface area (TPSA) is 29.1 Å². The third kappa shape index (κ3) is 3.62. The molecule has 0 bridgehead atoms. The van der Waals surface area contributed by atoms with Gasteiger partial charge in [-0.25, -0.2) is 0 Å². The van der Waals surface area contributed by atoms with Crippen LogP contribution in [-0.4, -0.2) is 5.91 Å². The van der Waals surface area contributed by atoms with Crippen molar-refractivity contribution in [3.8, 4) is 0 Å². The van der Waals surface area contributed by atoms with E-state index in [0.717, 1.165) is 11.3 Å². The van der Waals surface area contributed by atoms with E-state index in [4.69, 9.17) is 11.6 Å². The zero-order valence-corrected chi connectivity index (χ0v) is 8.93. The van der Waals surface area contributed by atoms with Gasteiger partial charge in [-0.3, -0.25) is 4.79 Å². The Balaban J connectivity index is 2.66. The number of carbonyl (C=O) groups is 1. The highest BCUT2D eigenvalue weighted by Crippen LogP contribution is 2.09. The average molecular weight is 210 g/mol. The maximum atomic E-state index is 11.2. The largest absolute Gasteiger partial charge is 0.322 e. The third-order valence-electron chi connectivity index (χ3n) is 1.65. The summed E-state index contributed by atoms with van der Waals surface area (Å²) < 4.78 is 0. The summed E-state index contributed by atoms with van der Waals surface area (Å²) in [6.45, 7) is 3.66. The summed E-state index contributed by atoms with van der Waals surface area (Å²) in [4.78, 5) is 11.2. The number of carbonyl (C=O) groups excluding carboxylic acids is 1. The number of allylic oxidation sites excluding steroid dienone is 1. The number of amides is 1. The fraction of sp³-hybridized carbons (Fsp3) is 0.182. The van der Waals surface area contributed by atoms with Gasteiger partial charge in [0.15, 0.2) is 0 Å². The van der Waals surface area contributed by atoms with Crippen LogP contribution in [0.2, 0.25) is 0 Å².